The van der Waals surface area contributed by atoms with Crippen LogP contribution in [-0.4, -0.2) is 25.5 Å². The number of rotatable bonds is 4. The second-order valence-electron chi connectivity index (χ2n) is 4.93. The van der Waals surface area contributed by atoms with E-state index in [1.54, 1.807) is 0 Å². The van der Waals surface area contributed by atoms with E-state index in [-0.39, 0.29) is 17.0 Å². The number of carbonyl (C=O) groups is 1. The molecule has 2 rings (SSSR count). The highest BCUT2D eigenvalue weighted by Gasteiger charge is 2.38. The van der Waals surface area contributed by atoms with Crippen molar-refractivity contribution in [2.45, 2.75) is 35.5 Å². The van der Waals surface area contributed by atoms with Gasteiger partial charge < -0.3 is 5.32 Å². The maximum atomic E-state index is 13.1. The molecule has 0 aliphatic carbocycles. The zero-order valence-corrected chi connectivity index (χ0v) is 14.8. The van der Waals surface area contributed by atoms with Crippen molar-refractivity contribution in [1.82, 2.24) is 4.72 Å². The largest absolute Gasteiger partial charge is 0.417 e. The van der Waals surface area contributed by atoms with Crippen LogP contribution in [0.25, 0.3) is 0 Å². The highest BCUT2D eigenvalue weighted by Crippen LogP contribution is 2.41. The van der Waals surface area contributed by atoms with Crippen LogP contribution in [0.2, 0.25) is 0 Å². The number of nitrogens with two attached hydrogens (primary N) is 1. The molecular weight excluding hydrogens is 387 g/mol. The van der Waals surface area contributed by atoms with Gasteiger partial charge in [-0.05, 0) is 30.5 Å². The van der Waals surface area contributed by atoms with E-state index in [0.29, 0.717) is 17.1 Å². The minimum Gasteiger partial charge on any atom is -0.368 e. The number of anilines is 1. The Bertz CT molecular complexity index is 753. The zero-order chi connectivity index (χ0) is 18.1. The first kappa shape index (κ1) is 19.4. The Kier molecular flexibility index (Phi) is 5.75. The van der Waals surface area contributed by atoms with Crippen molar-refractivity contribution < 1.29 is 26.4 Å². The van der Waals surface area contributed by atoms with E-state index < -0.39 is 26.7 Å². The summed E-state index contributed by atoms with van der Waals surface area (Å²) in [5.41, 5.74) is -1.15. The summed E-state index contributed by atoms with van der Waals surface area (Å²) in [6.07, 6.45) is -4.71. The van der Waals surface area contributed by atoms with Gasteiger partial charge in [0, 0.05) is 17.6 Å². The molecule has 1 aliphatic heterocycles. The van der Waals surface area contributed by atoms with Gasteiger partial charge in [0.05, 0.1) is 22.3 Å². The Morgan fingerprint density at radius 2 is 2.08 bits per heavy atom. The summed E-state index contributed by atoms with van der Waals surface area (Å²) in [4.78, 5) is 10.2. The first-order valence-electron chi connectivity index (χ1n) is 6.59. The van der Waals surface area contributed by atoms with Gasteiger partial charge in [-0.2, -0.15) is 13.2 Å². The number of fused-ring (bicyclic) bond motifs is 1. The quantitative estimate of drug-likeness (QED) is 0.666. The lowest BCUT2D eigenvalue weighted by Crippen LogP contribution is -2.36. The van der Waals surface area contributed by atoms with Crippen molar-refractivity contribution in [2.75, 3.05) is 11.1 Å². The molecule has 0 saturated heterocycles. The van der Waals surface area contributed by atoms with Crippen molar-refractivity contribution in [3.63, 3.8) is 0 Å². The van der Waals surface area contributed by atoms with E-state index in [1.807, 2.05) is 0 Å². The summed E-state index contributed by atoms with van der Waals surface area (Å²) in [7, 11) is -4.52. The zero-order valence-electron chi connectivity index (χ0n) is 12.3. The van der Waals surface area contributed by atoms with Crippen LogP contribution in [0.3, 0.4) is 0 Å². The molecule has 0 radical (unpaired) electrons. The molecule has 24 heavy (non-hydrogen) atoms. The Balaban J connectivity index is 2.30. The lowest BCUT2D eigenvalue weighted by molar-refractivity contribution is -0.139. The summed E-state index contributed by atoms with van der Waals surface area (Å²) in [5.74, 6) is 0.497. The summed E-state index contributed by atoms with van der Waals surface area (Å²) in [5, 5.41) is 7.72. The van der Waals surface area contributed by atoms with Crippen LogP contribution >= 0.6 is 23.7 Å². The van der Waals surface area contributed by atoms with Crippen LogP contribution in [0.4, 0.5) is 18.9 Å². The highest BCUT2D eigenvalue weighted by molar-refractivity contribution is 8.13. The highest BCUT2D eigenvalue weighted by atomic mass is 32.2. The van der Waals surface area contributed by atoms with Crippen LogP contribution in [-0.2, 0) is 21.0 Å². The van der Waals surface area contributed by atoms with E-state index >= 15 is 0 Å². The summed E-state index contributed by atoms with van der Waals surface area (Å²) >= 11 is 2.13. The molecule has 6 nitrogen and oxygen atoms in total. The van der Waals surface area contributed by atoms with Crippen molar-refractivity contribution >= 4 is 44.5 Å². The first-order valence-corrected chi connectivity index (χ1v) is 9.93. The van der Waals surface area contributed by atoms with Crippen molar-refractivity contribution in [3.05, 3.63) is 17.7 Å². The van der Waals surface area contributed by atoms with Crippen LogP contribution in [0, 0.1) is 0 Å². The van der Waals surface area contributed by atoms with Gasteiger partial charge in [0.15, 0.2) is 5.12 Å². The van der Waals surface area contributed by atoms with Crippen molar-refractivity contribution in [2.24, 2.45) is 5.14 Å². The maximum Gasteiger partial charge on any atom is 0.417 e. The normalized spacial score (nSPS) is 18.0. The number of primary sulfonamides is 1. The van der Waals surface area contributed by atoms with Gasteiger partial charge >= 0.3 is 6.18 Å². The fourth-order valence-electron chi connectivity index (χ4n) is 2.02. The molecule has 0 spiro atoms. The van der Waals surface area contributed by atoms with Gasteiger partial charge in [0.1, 0.15) is 0 Å². The van der Waals surface area contributed by atoms with Crippen molar-refractivity contribution in [1.29, 1.82) is 0 Å². The fraction of sp³-hybridized carbons (Fsp3) is 0.417. The van der Waals surface area contributed by atoms with E-state index in [2.05, 4.69) is 10.0 Å². The predicted octanol–water partition coefficient (Wildman–Crippen LogP) is 2.37. The third-order valence-electron chi connectivity index (χ3n) is 3.05. The van der Waals surface area contributed by atoms with Gasteiger partial charge in [0.2, 0.25) is 10.0 Å². The number of alkyl halides is 3. The number of sulfonamides is 1. The third-order valence-corrected chi connectivity index (χ3v) is 5.80. The number of nitrogens with one attached hydrogen (secondary N) is 2. The number of carbonyl (C=O) groups excluding carboxylic acids is 1. The summed E-state index contributed by atoms with van der Waals surface area (Å²) < 4.78 is 65.2. The summed E-state index contributed by atoms with van der Waals surface area (Å²) in [6, 6.07) is 1.65. The molecule has 134 valence electrons. The molecular formula is C12H14F3N3O3S3. The van der Waals surface area contributed by atoms with Crippen LogP contribution in [0.5, 0.6) is 0 Å². The lowest BCUT2D eigenvalue weighted by Gasteiger charge is -2.28. The van der Waals surface area contributed by atoms with E-state index in [0.717, 1.165) is 35.8 Å². The number of halogens is 3. The molecule has 0 aromatic heterocycles. The van der Waals surface area contributed by atoms with Crippen molar-refractivity contribution in [3.8, 4) is 0 Å². The molecule has 1 atom stereocenters. The molecule has 1 heterocycles. The average Bonchev–Trinajstić information content (AvgIpc) is 2.43. The second kappa shape index (κ2) is 7.12. The molecule has 1 unspecified atom stereocenters. The smallest absolute Gasteiger partial charge is 0.368 e. The molecule has 12 heteroatoms. The first-order chi connectivity index (χ1) is 11.0. The lowest BCUT2D eigenvalue weighted by atomic mass is 10.2. The Morgan fingerprint density at radius 1 is 1.42 bits per heavy atom. The van der Waals surface area contributed by atoms with E-state index in [9.17, 15) is 26.4 Å². The van der Waals surface area contributed by atoms with Gasteiger partial charge in [-0.25, -0.2) is 18.3 Å². The topological polar surface area (TPSA) is 101 Å². The minimum atomic E-state index is -4.85. The Labute approximate surface area is 145 Å². The molecule has 0 fully saturated rings. The molecule has 1 aromatic carbocycles. The molecule has 1 aliphatic rings. The van der Waals surface area contributed by atoms with Gasteiger partial charge in [-0.3, -0.25) is 4.79 Å². The van der Waals surface area contributed by atoms with Crippen LogP contribution in [0.1, 0.15) is 18.9 Å². The number of hydrogen-bond acceptors (Lipinski definition) is 7. The Hall–Kier alpha value is -0.950. The standard InChI is InChI=1S/C12H14F3N3O3S3/c1-6(19)22-3-2-11-17-8-4-7(12(13,14)15)10(24(16,20)21)5-9(8)23-18-11/h4-5,11,17-18H,2-3H2,1H3,(H2,16,20,21). The van der Waals surface area contributed by atoms with Crippen LogP contribution < -0.4 is 15.2 Å². The molecule has 1 aromatic rings. The van der Waals surface area contributed by atoms with Gasteiger partial charge in [0.25, 0.3) is 0 Å². The molecule has 0 amide bonds. The fourth-order valence-corrected chi connectivity index (χ4v) is 4.35. The second-order valence-corrected chi connectivity index (χ2v) is 8.61. The van der Waals surface area contributed by atoms with Gasteiger partial charge in [-0.1, -0.05) is 11.8 Å². The maximum absolute atomic E-state index is 13.1. The summed E-state index contributed by atoms with van der Waals surface area (Å²) in [6.45, 7) is 1.43. The van der Waals surface area contributed by atoms with E-state index in [1.165, 1.54) is 6.92 Å². The minimum absolute atomic E-state index is 0.0454. The van der Waals surface area contributed by atoms with E-state index in [4.69, 9.17) is 5.14 Å². The van der Waals surface area contributed by atoms with Crippen LogP contribution in [0.15, 0.2) is 21.9 Å². The van der Waals surface area contributed by atoms with Gasteiger partial charge in [-0.15, -0.1) is 0 Å². The number of thioether (sulfide) groups is 1. The molecule has 0 bridgehead atoms. The SMILES string of the molecule is CC(=O)SCCC1NSc2cc(S(N)(=O)=O)c(C(F)(F)F)cc2N1. The predicted molar refractivity (Wildman–Crippen MR) is 87.0 cm³/mol. The number of hydrogen-bond donors (Lipinski definition) is 3. The third kappa shape index (κ3) is 4.79. The molecule has 4 N–H and O–H groups in total. The average molecular weight is 401 g/mol. The monoisotopic (exact) mass is 401 g/mol. The molecule has 0 saturated carbocycles. The number of benzene rings is 1. The Morgan fingerprint density at radius 3 is 2.62 bits per heavy atom.